The molecule has 0 N–H and O–H groups in total. The molecule has 0 bridgehead atoms. The highest BCUT2D eigenvalue weighted by Crippen LogP contribution is 2.28. The van der Waals surface area contributed by atoms with Gasteiger partial charge in [-0.05, 0) is 27.2 Å². The van der Waals surface area contributed by atoms with Crippen LogP contribution in [-0.4, -0.2) is 37.7 Å². The van der Waals surface area contributed by atoms with Crippen LogP contribution in [0.5, 0.6) is 0 Å². The number of carbonyl (C=O) groups excluding carboxylic acids is 3. The van der Waals surface area contributed by atoms with Crippen molar-refractivity contribution < 1.29 is 28.6 Å². The molecule has 0 aliphatic rings. The first-order valence-electron chi connectivity index (χ1n) is 6.38. The van der Waals surface area contributed by atoms with Gasteiger partial charge in [0.2, 0.25) is 0 Å². The van der Waals surface area contributed by atoms with Crippen LogP contribution in [0.3, 0.4) is 0 Å². The number of rotatable bonds is 8. The minimum Gasteiger partial charge on any atom is -0.466 e. The van der Waals surface area contributed by atoms with Crippen molar-refractivity contribution in [3.05, 3.63) is 0 Å². The topological polar surface area (TPSA) is 78.9 Å². The van der Waals surface area contributed by atoms with E-state index >= 15 is 0 Å². The lowest BCUT2D eigenvalue weighted by atomic mass is 9.84. The molecule has 110 valence electrons. The third-order valence-corrected chi connectivity index (χ3v) is 2.74. The van der Waals surface area contributed by atoms with E-state index in [-0.39, 0.29) is 19.6 Å². The summed E-state index contributed by atoms with van der Waals surface area (Å²) < 4.78 is 14.3. The molecule has 0 aromatic rings. The number of esters is 3. The fourth-order valence-corrected chi connectivity index (χ4v) is 1.37. The molecule has 6 nitrogen and oxygen atoms in total. The van der Waals surface area contributed by atoms with Crippen molar-refractivity contribution >= 4 is 17.9 Å². The summed E-state index contributed by atoms with van der Waals surface area (Å²) in [5.41, 5.74) is -0.987. The Bertz CT molecular complexity index is 325. The van der Waals surface area contributed by atoms with Crippen molar-refractivity contribution in [2.75, 3.05) is 19.8 Å². The maximum Gasteiger partial charge on any atom is 0.344 e. The fraction of sp³-hybridized carbons (Fsp3) is 0.769. The van der Waals surface area contributed by atoms with E-state index in [9.17, 15) is 14.4 Å². The average molecular weight is 274 g/mol. The summed E-state index contributed by atoms with van der Waals surface area (Å²) in [5, 5.41) is 0. The molecule has 1 atom stereocenters. The number of carbonyl (C=O) groups is 3. The van der Waals surface area contributed by atoms with Crippen molar-refractivity contribution in [2.45, 2.75) is 40.5 Å². The Hall–Kier alpha value is -1.59. The van der Waals surface area contributed by atoms with Crippen LogP contribution in [-0.2, 0) is 28.6 Å². The van der Waals surface area contributed by atoms with Crippen LogP contribution >= 0.6 is 0 Å². The van der Waals surface area contributed by atoms with E-state index in [4.69, 9.17) is 9.47 Å². The van der Waals surface area contributed by atoms with Gasteiger partial charge in [0.1, 0.15) is 0 Å². The van der Waals surface area contributed by atoms with E-state index in [1.807, 2.05) is 0 Å². The van der Waals surface area contributed by atoms with Crippen molar-refractivity contribution in [1.29, 1.82) is 0 Å². The summed E-state index contributed by atoms with van der Waals surface area (Å²) >= 11 is 0. The van der Waals surface area contributed by atoms with Crippen LogP contribution in [0.4, 0.5) is 0 Å². The molecule has 0 aliphatic heterocycles. The quantitative estimate of drug-likeness (QED) is 0.492. The molecule has 0 saturated heterocycles. The van der Waals surface area contributed by atoms with E-state index in [0.29, 0.717) is 6.42 Å². The second-order valence-electron chi connectivity index (χ2n) is 4.28. The molecular formula is C13H22O6. The Kier molecular flexibility index (Phi) is 7.79. The predicted molar refractivity (Wildman–Crippen MR) is 67.2 cm³/mol. The number of ether oxygens (including phenoxy) is 3. The smallest absolute Gasteiger partial charge is 0.344 e. The van der Waals surface area contributed by atoms with Gasteiger partial charge < -0.3 is 14.2 Å². The predicted octanol–water partition coefficient (Wildman–Crippen LogP) is 1.46. The van der Waals surface area contributed by atoms with Crippen molar-refractivity contribution in [3.8, 4) is 0 Å². The van der Waals surface area contributed by atoms with Gasteiger partial charge in [0, 0.05) is 0 Å². The summed E-state index contributed by atoms with van der Waals surface area (Å²) in [6.07, 6.45) is 0.340. The zero-order chi connectivity index (χ0) is 14.9. The lowest BCUT2D eigenvalue weighted by Gasteiger charge is -2.24. The third-order valence-electron chi connectivity index (χ3n) is 2.74. The minimum atomic E-state index is -0.987. The summed E-state index contributed by atoms with van der Waals surface area (Å²) in [7, 11) is 0. The van der Waals surface area contributed by atoms with E-state index in [1.54, 1.807) is 27.7 Å². The monoisotopic (exact) mass is 274 g/mol. The Balaban J connectivity index is 4.43. The second kappa shape index (κ2) is 8.50. The molecule has 6 heteroatoms. The SMILES string of the molecule is CCOC(=O)COC(=O)C(C)(CC)CC(=O)OCC. The Labute approximate surface area is 113 Å². The van der Waals surface area contributed by atoms with Gasteiger partial charge in [-0.2, -0.15) is 0 Å². The molecule has 0 rings (SSSR count). The van der Waals surface area contributed by atoms with E-state index in [1.165, 1.54) is 0 Å². The molecule has 19 heavy (non-hydrogen) atoms. The minimum absolute atomic E-state index is 0.0704. The van der Waals surface area contributed by atoms with Crippen molar-refractivity contribution in [3.63, 3.8) is 0 Å². The molecule has 0 aliphatic carbocycles. The van der Waals surface area contributed by atoms with Gasteiger partial charge in [-0.15, -0.1) is 0 Å². The van der Waals surface area contributed by atoms with Gasteiger partial charge in [-0.1, -0.05) is 6.92 Å². The lowest BCUT2D eigenvalue weighted by Crippen LogP contribution is -2.34. The lowest BCUT2D eigenvalue weighted by molar-refractivity contribution is -0.168. The van der Waals surface area contributed by atoms with E-state index in [2.05, 4.69) is 4.74 Å². The molecule has 0 amide bonds. The van der Waals surface area contributed by atoms with E-state index in [0.717, 1.165) is 0 Å². The van der Waals surface area contributed by atoms with Crippen LogP contribution in [0.25, 0.3) is 0 Å². The maximum atomic E-state index is 11.9. The second-order valence-corrected chi connectivity index (χ2v) is 4.28. The van der Waals surface area contributed by atoms with Crippen molar-refractivity contribution in [2.24, 2.45) is 5.41 Å². The maximum absolute atomic E-state index is 11.9. The Morgan fingerprint density at radius 3 is 1.89 bits per heavy atom. The third kappa shape index (κ3) is 6.22. The molecule has 0 heterocycles. The van der Waals surface area contributed by atoms with Crippen LogP contribution in [0.2, 0.25) is 0 Å². The zero-order valence-corrected chi connectivity index (χ0v) is 12.0. The summed E-state index contributed by atoms with van der Waals surface area (Å²) in [4.78, 5) is 34.4. The highest BCUT2D eigenvalue weighted by molar-refractivity contribution is 5.84. The Morgan fingerprint density at radius 2 is 1.42 bits per heavy atom. The highest BCUT2D eigenvalue weighted by atomic mass is 16.6. The standard InChI is InChI=1S/C13H22O6/c1-5-13(4,8-10(14)17-6-2)12(16)19-9-11(15)18-7-3/h5-9H2,1-4H3. The highest BCUT2D eigenvalue weighted by Gasteiger charge is 2.36. The Morgan fingerprint density at radius 1 is 0.895 bits per heavy atom. The van der Waals surface area contributed by atoms with Gasteiger partial charge in [-0.25, -0.2) is 4.79 Å². The molecule has 0 aromatic carbocycles. The first kappa shape index (κ1) is 17.4. The van der Waals surface area contributed by atoms with Gasteiger partial charge in [0.15, 0.2) is 6.61 Å². The molecular weight excluding hydrogens is 252 g/mol. The van der Waals surface area contributed by atoms with Crippen LogP contribution < -0.4 is 0 Å². The summed E-state index contributed by atoms with van der Waals surface area (Å²) in [5.74, 6) is -1.67. The van der Waals surface area contributed by atoms with Crippen LogP contribution in [0, 0.1) is 5.41 Å². The fourth-order valence-electron chi connectivity index (χ4n) is 1.37. The summed E-state index contributed by atoms with van der Waals surface area (Å²) in [6.45, 7) is 6.78. The molecule has 0 saturated carbocycles. The van der Waals surface area contributed by atoms with Gasteiger partial charge >= 0.3 is 17.9 Å². The number of hydrogen-bond acceptors (Lipinski definition) is 6. The normalized spacial score (nSPS) is 13.3. The van der Waals surface area contributed by atoms with Crippen LogP contribution in [0.15, 0.2) is 0 Å². The average Bonchev–Trinajstić information content (AvgIpc) is 2.36. The molecule has 0 aromatic heterocycles. The van der Waals surface area contributed by atoms with Crippen LogP contribution in [0.1, 0.15) is 40.5 Å². The van der Waals surface area contributed by atoms with Gasteiger partial charge in [0.25, 0.3) is 0 Å². The first-order valence-corrected chi connectivity index (χ1v) is 6.38. The largest absolute Gasteiger partial charge is 0.466 e. The van der Waals surface area contributed by atoms with Gasteiger partial charge in [0.05, 0.1) is 25.0 Å². The van der Waals surface area contributed by atoms with Crippen molar-refractivity contribution in [1.82, 2.24) is 0 Å². The molecule has 0 fully saturated rings. The molecule has 1 unspecified atom stereocenters. The first-order chi connectivity index (χ1) is 8.89. The molecule has 0 spiro atoms. The van der Waals surface area contributed by atoms with E-state index < -0.39 is 29.9 Å². The zero-order valence-electron chi connectivity index (χ0n) is 12.0. The summed E-state index contributed by atoms with van der Waals surface area (Å²) in [6, 6.07) is 0. The van der Waals surface area contributed by atoms with Gasteiger partial charge in [-0.3, -0.25) is 9.59 Å². The number of hydrogen-bond donors (Lipinski definition) is 0. The molecule has 0 radical (unpaired) electrons.